The summed E-state index contributed by atoms with van der Waals surface area (Å²) < 4.78 is 5.55. The second-order valence-electron chi connectivity index (χ2n) is 3.22. The van der Waals surface area contributed by atoms with Crippen LogP contribution in [0.3, 0.4) is 0 Å². The van der Waals surface area contributed by atoms with Crippen molar-refractivity contribution in [2.75, 3.05) is 18.1 Å². The topological polar surface area (TPSA) is 29.5 Å². The fourth-order valence-electron chi connectivity index (χ4n) is 1.27. The molecule has 0 spiro atoms. The van der Waals surface area contributed by atoms with Gasteiger partial charge in [-0.05, 0) is 6.42 Å². The second-order valence-corrected chi connectivity index (χ2v) is 4.30. The van der Waals surface area contributed by atoms with Crippen LogP contribution < -0.4 is 0 Å². The van der Waals surface area contributed by atoms with E-state index in [4.69, 9.17) is 4.74 Å². The van der Waals surface area contributed by atoms with Crippen LogP contribution in [0.4, 0.5) is 0 Å². The first-order valence-corrected chi connectivity index (χ1v) is 5.87. The number of hydrogen-bond acceptors (Lipinski definition) is 3. The Bertz CT molecular complexity index is 119. The van der Waals surface area contributed by atoms with E-state index in [9.17, 15) is 5.11 Å². The van der Waals surface area contributed by atoms with Crippen LogP contribution in [-0.2, 0) is 4.74 Å². The highest BCUT2D eigenvalue weighted by Gasteiger charge is 2.25. The molecule has 0 aromatic heterocycles. The molecule has 0 amide bonds. The molecular formula is C9H18O2S. The zero-order valence-electron chi connectivity index (χ0n) is 7.66. The van der Waals surface area contributed by atoms with Crippen molar-refractivity contribution in [1.29, 1.82) is 0 Å². The van der Waals surface area contributed by atoms with Gasteiger partial charge in [0.25, 0.3) is 0 Å². The molecule has 1 N–H and O–H groups in total. The van der Waals surface area contributed by atoms with Crippen LogP contribution >= 0.6 is 11.8 Å². The third-order valence-corrected chi connectivity index (χ3v) is 3.22. The highest BCUT2D eigenvalue weighted by atomic mass is 32.2. The van der Waals surface area contributed by atoms with Crippen molar-refractivity contribution in [3.8, 4) is 0 Å². The molecule has 0 radical (unpaired) electrons. The van der Waals surface area contributed by atoms with Crippen molar-refractivity contribution in [2.24, 2.45) is 0 Å². The van der Waals surface area contributed by atoms with Crippen molar-refractivity contribution >= 4 is 11.8 Å². The van der Waals surface area contributed by atoms with Crippen LogP contribution in [0.5, 0.6) is 0 Å². The molecule has 12 heavy (non-hydrogen) atoms. The van der Waals surface area contributed by atoms with E-state index in [1.807, 2.05) is 0 Å². The van der Waals surface area contributed by atoms with Gasteiger partial charge in [0.1, 0.15) is 0 Å². The third kappa shape index (κ3) is 3.33. The van der Waals surface area contributed by atoms with E-state index in [1.54, 1.807) is 11.8 Å². The van der Waals surface area contributed by atoms with Crippen LogP contribution in [0.2, 0.25) is 0 Å². The summed E-state index contributed by atoms with van der Waals surface area (Å²) >= 11 is 1.78. The van der Waals surface area contributed by atoms with Crippen LogP contribution in [-0.4, -0.2) is 35.4 Å². The van der Waals surface area contributed by atoms with E-state index in [2.05, 4.69) is 6.92 Å². The Morgan fingerprint density at radius 3 is 2.83 bits per heavy atom. The average molecular weight is 190 g/mol. The van der Waals surface area contributed by atoms with Gasteiger partial charge in [-0.1, -0.05) is 19.8 Å². The monoisotopic (exact) mass is 190 g/mol. The summed E-state index contributed by atoms with van der Waals surface area (Å²) in [7, 11) is 0. The first-order chi connectivity index (χ1) is 5.84. The average Bonchev–Trinajstić information content (AvgIpc) is 2.46. The first-order valence-electron chi connectivity index (χ1n) is 4.72. The van der Waals surface area contributed by atoms with Crippen molar-refractivity contribution in [1.82, 2.24) is 0 Å². The predicted octanol–water partition coefficient (Wildman–Crippen LogP) is 1.67. The van der Waals surface area contributed by atoms with Crippen LogP contribution in [0.15, 0.2) is 0 Å². The smallest absolute Gasteiger partial charge is 0.0932 e. The lowest BCUT2D eigenvalue weighted by atomic mass is 10.2. The zero-order chi connectivity index (χ0) is 8.81. The number of thioether (sulfide) groups is 1. The molecule has 2 atom stereocenters. The molecule has 0 bridgehead atoms. The van der Waals surface area contributed by atoms with Gasteiger partial charge in [-0.15, -0.1) is 0 Å². The number of unbranched alkanes of at least 4 members (excludes halogenated alkanes) is 2. The van der Waals surface area contributed by atoms with E-state index in [1.165, 1.54) is 12.8 Å². The molecule has 3 heteroatoms. The summed E-state index contributed by atoms with van der Waals surface area (Å²) in [5.41, 5.74) is 0. The van der Waals surface area contributed by atoms with Crippen LogP contribution in [0, 0.1) is 0 Å². The molecule has 0 aromatic carbocycles. The first kappa shape index (κ1) is 10.4. The highest BCUT2D eigenvalue weighted by Crippen LogP contribution is 2.20. The molecule has 1 aliphatic heterocycles. The van der Waals surface area contributed by atoms with Crippen molar-refractivity contribution in [3.63, 3.8) is 0 Å². The summed E-state index contributed by atoms with van der Waals surface area (Å²) in [4.78, 5) is 0. The maximum absolute atomic E-state index is 9.40. The Morgan fingerprint density at radius 2 is 2.25 bits per heavy atom. The molecule has 2 unspecified atom stereocenters. The second kappa shape index (κ2) is 5.84. The van der Waals surface area contributed by atoms with Gasteiger partial charge in [0, 0.05) is 18.1 Å². The van der Waals surface area contributed by atoms with Crippen molar-refractivity contribution in [3.05, 3.63) is 0 Å². The molecule has 0 saturated carbocycles. The largest absolute Gasteiger partial charge is 0.390 e. The quantitative estimate of drug-likeness (QED) is 0.669. The van der Waals surface area contributed by atoms with Gasteiger partial charge in [-0.2, -0.15) is 11.8 Å². The number of hydrogen-bond donors (Lipinski definition) is 1. The lowest BCUT2D eigenvalue weighted by molar-refractivity contribution is -0.00884. The highest BCUT2D eigenvalue weighted by molar-refractivity contribution is 7.99. The minimum absolute atomic E-state index is 0.104. The zero-order valence-corrected chi connectivity index (χ0v) is 8.48. The number of aliphatic hydroxyl groups excluding tert-OH is 1. The molecule has 2 nitrogen and oxygen atoms in total. The molecule has 1 aliphatic rings. The fraction of sp³-hybridized carbons (Fsp3) is 1.00. The Hall–Kier alpha value is 0.270. The molecule has 1 fully saturated rings. The van der Waals surface area contributed by atoms with E-state index in [-0.39, 0.29) is 12.2 Å². The predicted molar refractivity (Wildman–Crippen MR) is 52.6 cm³/mol. The third-order valence-electron chi connectivity index (χ3n) is 2.08. The van der Waals surface area contributed by atoms with Gasteiger partial charge >= 0.3 is 0 Å². The van der Waals surface area contributed by atoms with Gasteiger partial charge in [-0.25, -0.2) is 0 Å². The minimum atomic E-state index is -0.225. The molecular weight excluding hydrogens is 172 g/mol. The Balaban J connectivity index is 1.98. The number of rotatable bonds is 5. The summed E-state index contributed by atoms with van der Waals surface area (Å²) in [6.45, 7) is 3.00. The van der Waals surface area contributed by atoms with Crippen molar-refractivity contribution < 1.29 is 9.84 Å². The van der Waals surface area contributed by atoms with Gasteiger partial charge in [0.15, 0.2) is 0 Å². The number of ether oxygens (including phenoxy) is 1. The summed E-state index contributed by atoms with van der Waals surface area (Å²) in [5, 5.41) is 9.40. The van der Waals surface area contributed by atoms with Crippen LogP contribution in [0.1, 0.15) is 26.2 Å². The van der Waals surface area contributed by atoms with Gasteiger partial charge in [0.05, 0.1) is 12.2 Å². The van der Waals surface area contributed by atoms with Gasteiger partial charge in [0.2, 0.25) is 0 Å². The lowest BCUT2D eigenvalue weighted by Crippen LogP contribution is -2.27. The minimum Gasteiger partial charge on any atom is -0.390 e. The van der Waals surface area contributed by atoms with Crippen molar-refractivity contribution in [2.45, 2.75) is 38.4 Å². The van der Waals surface area contributed by atoms with E-state index < -0.39 is 0 Å². The van der Waals surface area contributed by atoms with Gasteiger partial charge < -0.3 is 9.84 Å². The summed E-state index contributed by atoms with van der Waals surface area (Å²) in [6, 6.07) is 0. The standard InChI is InChI=1S/C9H18O2S/c1-2-3-4-5-11-9-7-12-6-8(9)10/h8-10H,2-7H2,1H3. The Morgan fingerprint density at radius 1 is 1.42 bits per heavy atom. The van der Waals surface area contributed by atoms with Crippen LogP contribution in [0.25, 0.3) is 0 Å². The van der Waals surface area contributed by atoms with E-state index in [0.29, 0.717) is 0 Å². The van der Waals surface area contributed by atoms with Gasteiger partial charge in [-0.3, -0.25) is 0 Å². The SMILES string of the molecule is CCCCCOC1CSCC1O. The lowest BCUT2D eigenvalue weighted by Gasteiger charge is -2.14. The normalized spacial score (nSPS) is 29.5. The molecule has 0 aromatic rings. The molecule has 0 aliphatic carbocycles. The molecule has 1 rings (SSSR count). The Kier molecular flexibility index (Phi) is 5.04. The Labute approximate surface area is 78.7 Å². The maximum Gasteiger partial charge on any atom is 0.0932 e. The number of aliphatic hydroxyl groups is 1. The maximum atomic E-state index is 9.40. The summed E-state index contributed by atoms with van der Waals surface area (Å²) in [6.07, 6.45) is 3.47. The molecule has 1 heterocycles. The van der Waals surface area contributed by atoms with E-state index in [0.717, 1.165) is 24.5 Å². The molecule has 72 valence electrons. The molecule has 1 saturated heterocycles. The van der Waals surface area contributed by atoms with E-state index >= 15 is 0 Å². The fourth-order valence-corrected chi connectivity index (χ4v) is 2.41. The summed E-state index contributed by atoms with van der Waals surface area (Å²) in [5.74, 6) is 1.81.